The molecule has 1 fully saturated rings. The van der Waals surface area contributed by atoms with E-state index < -0.39 is 84.1 Å². The molecule has 0 spiro atoms. The van der Waals surface area contributed by atoms with Crippen LogP contribution in [0.4, 0.5) is 11.5 Å². The monoisotopic (exact) mass is 1370 g/mol. The molecule has 25 nitrogen and oxygen atoms in total. The van der Waals surface area contributed by atoms with Gasteiger partial charge in [0.25, 0.3) is 17.7 Å². The lowest BCUT2D eigenvalue weighted by Gasteiger charge is -2.30. The van der Waals surface area contributed by atoms with E-state index in [9.17, 15) is 53.7 Å². The first kappa shape index (κ1) is 65.5. The van der Waals surface area contributed by atoms with Gasteiger partial charge < -0.3 is 46.6 Å². The van der Waals surface area contributed by atoms with Gasteiger partial charge in [0.05, 0.1) is 59.4 Å². The van der Waals surface area contributed by atoms with Crippen molar-refractivity contribution in [3.05, 3.63) is 141 Å². The smallest absolute Gasteiger partial charge is 0.335 e. The molecule has 11 rings (SSSR count). The Kier molecular flexibility index (Phi) is 20.1. The molecule has 8 N–H and O–H groups in total. The van der Waals surface area contributed by atoms with Gasteiger partial charge in [-0.05, 0) is 74.4 Å². The van der Waals surface area contributed by atoms with E-state index in [-0.39, 0.29) is 64.0 Å². The molecule has 10 bridgehead atoms. The molecule has 7 aromatic heterocycles. The van der Waals surface area contributed by atoms with Gasteiger partial charge in [0.2, 0.25) is 17.7 Å². The van der Waals surface area contributed by atoms with Crippen molar-refractivity contribution in [2.75, 3.05) is 25.6 Å². The second-order valence-electron chi connectivity index (χ2n) is 22.1. The number of carbonyl (C=O) groups excluding carboxylic acids is 6. The standard InChI is InChI=1S/C62H59N13O12S6/c1-28(2)45-59-74-48(41(93-59)23-87-5)52(80)64-22-44(77)71-49(50(78)30-10-7-6-8-11-30)58-69-40(26-90-58)56-67-38(24-89-56)47-35(54-68-39(25-88-54)51(79)66-37(21-43(76)63-4)57-73-46(29(3)92-57)53(81)72-45)18-19-36(65-47)55-70-42(27-91-55)75(34-13-9-12-33(20-34)62(85)86)60(82)31-14-16-32(17-15-31)61(83)84/h6-13,18-20,24-28,31-32,37,45,49-50,78H,14-17,21-23H2,1-5H3,(H,63,76)(H,64,80)(H,66,79)(H,71,77)(H,72,81)(H,83,84)(H,85,86)/t31?,32?,37-,45-,49-,50-/m0/s1. The van der Waals surface area contributed by atoms with Crippen molar-refractivity contribution < 1.29 is 58.4 Å². The van der Waals surface area contributed by atoms with Gasteiger partial charge in [-0.3, -0.25) is 38.5 Å². The quantitative estimate of drug-likeness (QED) is 0.0532. The van der Waals surface area contributed by atoms with Crippen LogP contribution in [0.1, 0.15) is 142 Å². The maximum absolute atomic E-state index is 14.6. The number of anilines is 2. The number of nitrogens with one attached hydrogen (secondary N) is 5. The summed E-state index contributed by atoms with van der Waals surface area (Å²) in [6.07, 6.45) is -0.382. The summed E-state index contributed by atoms with van der Waals surface area (Å²) < 4.78 is 5.46. The first-order valence-corrected chi connectivity index (χ1v) is 34.2. The predicted molar refractivity (Wildman–Crippen MR) is 351 cm³/mol. The van der Waals surface area contributed by atoms with Gasteiger partial charge in [0.1, 0.15) is 76.4 Å². The number of carbonyl (C=O) groups is 8. The van der Waals surface area contributed by atoms with Gasteiger partial charge in [-0.1, -0.05) is 50.2 Å². The number of amides is 6. The number of ether oxygens (including phenoxy) is 1. The Bertz CT molecular complexity index is 4320. The van der Waals surface area contributed by atoms with Crippen molar-refractivity contribution in [3.63, 3.8) is 0 Å². The summed E-state index contributed by atoms with van der Waals surface area (Å²) in [6, 6.07) is 15.2. The van der Waals surface area contributed by atoms with Gasteiger partial charge in [-0.15, -0.1) is 68.0 Å². The molecule has 480 valence electrons. The van der Waals surface area contributed by atoms with Crippen molar-refractivity contribution >= 4 is 127 Å². The first-order valence-electron chi connectivity index (χ1n) is 29.1. The molecule has 2 aliphatic rings. The number of rotatable bonds is 13. The highest BCUT2D eigenvalue weighted by atomic mass is 32.1. The number of aliphatic hydroxyl groups excluding tert-OH is 1. The number of aromatic nitrogens is 7. The molecule has 0 unspecified atom stereocenters. The Labute approximate surface area is 554 Å². The number of pyridine rings is 1. The van der Waals surface area contributed by atoms with E-state index in [0.717, 1.165) is 45.3 Å². The molecule has 4 atom stereocenters. The Morgan fingerprint density at radius 3 is 2.10 bits per heavy atom. The van der Waals surface area contributed by atoms with Gasteiger partial charge in [0, 0.05) is 52.0 Å². The predicted octanol–water partition coefficient (Wildman–Crippen LogP) is 9.57. The molecule has 0 radical (unpaired) electrons. The molecule has 0 saturated heterocycles. The lowest BCUT2D eigenvalue weighted by Crippen LogP contribution is -2.40. The van der Waals surface area contributed by atoms with Crippen LogP contribution in [0.5, 0.6) is 0 Å². The summed E-state index contributed by atoms with van der Waals surface area (Å²) in [6.45, 7) is 4.88. The Morgan fingerprint density at radius 1 is 0.667 bits per heavy atom. The summed E-state index contributed by atoms with van der Waals surface area (Å²) in [5, 5.41) is 54.5. The zero-order chi connectivity index (χ0) is 65.8. The highest BCUT2D eigenvalue weighted by Crippen LogP contribution is 2.42. The highest BCUT2D eigenvalue weighted by Gasteiger charge is 2.36. The molecule has 9 aromatic rings. The number of hydrogen-bond donors (Lipinski definition) is 8. The molecule has 93 heavy (non-hydrogen) atoms. The first-order chi connectivity index (χ1) is 44.7. The van der Waals surface area contributed by atoms with Gasteiger partial charge in [-0.2, -0.15) is 0 Å². The van der Waals surface area contributed by atoms with Crippen LogP contribution in [0.15, 0.2) is 88.3 Å². The van der Waals surface area contributed by atoms with Crippen LogP contribution in [0.25, 0.3) is 43.4 Å². The molecule has 1 aliphatic carbocycles. The number of hydrogen-bond acceptors (Lipinski definition) is 23. The average molecular weight is 1370 g/mol. The third-order valence-corrected chi connectivity index (χ3v) is 21.2. The van der Waals surface area contributed by atoms with Crippen molar-refractivity contribution in [1.29, 1.82) is 0 Å². The summed E-state index contributed by atoms with van der Waals surface area (Å²) in [7, 11) is 2.92. The number of carboxylic acid groups (broad SMARTS) is 2. The Morgan fingerprint density at radius 2 is 1.37 bits per heavy atom. The number of methoxy groups -OCH3 is 1. The summed E-state index contributed by atoms with van der Waals surface area (Å²) in [5.74, 6) is -6.78. The van der Waals surface area contributed by atoms with E-state index in [0.29, 0.717) is 94.4 Å². The highest BCUT2D eigenvalue weighted by molar-refractivity contribution is 7.15. The Balaban J connectivity index is 0.998. The number of carboxylic acids is 2. The second kappa shape index (κ2) is 28.5. The van der Waals surface area contributed by atoms with Crippen molar-refractivity contribution in [3.8, 4) is 43.4 Å². The second-order valence-corrected chi connectivity index (χ2v) is 27.9. The number of aliphatic hydroxyl groups is 1. The van der Waals surface area contributed by atoms with Gasteiger partial charge in [0.15, 0.2) is 5.82 Å². The lowest BCUT2D eigenvalue weighted by molar-refractivity contribution is -0.144. The van der Waals surface area contributed by atoms with Crippen LogP contribution in [0.2, 0.25) is 0 Å². The maximum atomic E-state index is 14.6. The van der Waals surface area contributed by atoms with Crippen LogP contribution in [0.3, 0.4) is 0 Å². The number of benzene rings is 2. The number of aromatic carboxylic acids is 1. The molecule has 1 aliphatic heterocycles. The molecule has 31 heteroatoms. The van der Waals surface area contributed by atoms with Crippen LogP contribution >= 0.6 is 68.0 Å². The summed E-state index contributed by atoms with van der Waals surface area (Å²) >= 11 is 6.97. The number of thiazole rings is 6. The fourth-order valence-corrected chi connectivity index (χ4v) is 16.1. The lowest BCUT2D eigenvalue weighted by atomic mass is 9.81. The van der Waals surface area contributed by atoms with Crippen LogP contribution in [0, 0.1) is 24.7 Å². The number of nitrogens with zero attached hydrogens (tertiary/aromatic N) is 8. The van der Waals surface area contributed by atoms with Gasteiger partial charge in [-0.25, -0.2) is 39.7 Å². The normalized spacial score (nSPS) is 18.3. The molecule has 1 saturated carbocycles. The van der Waals surface area contributed by atoms with Crippen molar-refractivity contribution in [1.82, 2.24) is 61.5 Å². The number of aliphatic carboxylic acids is 1. The Hall–Kier alpha value is -8.95. The van der Waals surface area contributed by atoms with E-state index in [2.05, 4.69) is 26.6 Å². The third kappa shape index (κ3) is 14.5. The van der Waals surface area contributed by atoms with E-state index >= 15 is 0 Å². The SMILES string of the molecule is CNC(=O)C[C@@H]1NC(=O)c2csc(n2)-c2ccc(-c3nc(N(C(=O)C4CCC(C(=O)O)CC4)c4cccc(C(=O)O)c4)cs3)nc2-c2csc(n2)-c2csc(n2)[C@H]([C@@H](O)c2ccccc2)NC(=O)CNC(=O)c2nc(sc2COC)[C@H](C(C)C)NC(=O)c2nc1sc2C. The molecule has 8 heterocycles. The summed E-state index contributed by atoms with van der Waals surface area (Å²) in [5.41, 5.74) is 2.46. The van der Waals surface area contributed by atoms with E-state index in [4.69, 9.17) is 39.6 Å². The fraction of sp³-hybridized carbons (Fsp3) is 0.306. The molecule has 2 aromatic carbocycles. The molecular formula is C62H59N13O12S6. The van der Waals surface area contributed by atoms with E-state index in [1.54, 1.807) is 77.0 Å². The molecule has 6 amide bonds. The average Bonchev–Trinajstić information content (AvgIpc) is 1.72. The van der Waals surface area contributed by atoms with Gasteiger partial charge >= 0.3 is 11.9 Å². The van der Waals surface area contributed by atoms with Crippen molar-refractivity contribution in [2.24, 2.45) is 17.8 Å². The minimum Gasteiger partial charge on any atom is -0.481 e. The largest absolute Gasteiger partial charge is 0.481 e. The number of fused-ring (bicyclic) bond motifs is 14. The minimum atomic E-state index is -1.31. The zero-order valence-electron chi connectivity index (χ0n) is 50.2. The maximum Gasteiger partial charge on any atom is 0.335 e. The van der Waals surface area contributed by atoms with Crippen LogP contribution in [-0.4, -0.2) is 118 Å². The fourth-order valence-electron chi connectivity index (χ4n) is 10.6. The zero-order valence-corrected chi connectivity index (χ0v) is 55.1. The topological polar surface area (TPSA) is 360 Å². The van der Waals surface area contributed by atoms with Crippen LogP contribution < -0.4 is 31.5 Å². The summed E-state index contributed by atoms with van der Waals surface area (Å²) in [4.78, 5) is 145. The van der Waals surface area contributed by atoms with E-state index in [1.165, 1.54) is 59.9 Å². The third-order valence-electron chi connectivity index (χ3n) is 15.5. The number of aryl methyl sites for hydroxylation is 1. The molecular weight excluding hydrogens is 1310 g/mol. The van der Waals surface area contributed by atoms with E-state index in [1.807, 2.05) is 13.8 Å². The minimum absolute atomic E-state index is 0.0161. The van der Waals surface area contributed by atoms with Crippen molar-refractivity contribution in [2.45, 2.75) is 83.7 Å². The van der Waals surface area contributed by atoms with Crippen LogP contribution in [-0.2, 0) is 30.5 Å².